The van der Waals surface area contributed by atoms with E-state index in [1.165, 1.54) is 0 Å². The summed E-state index contributed by atoms with van der Waals surface area (Å²) in [7, 11) is 2.06. The molecular weight excluding hydrogens is 276 g/mol. The van der Waals surface area contributed by atoms with Crippen molar-refractivity contribution in [2.75, 3.05) is 33.2 Å². The number of hydrogen-bond acceptors (Lipinski definition) is 3. The van der Waals surface area contributed by atoms with Gasteiger partial charge >= 0.3 is 6.09 Å². The highest BCUT2D eigenvalue weighted by Gasteiger charge is 2.20. The molecule has 114 valence electrons. The van der Waals surface area contributed by atoms with Gasteiger partial charge in [-0.3, -0.25) is 0 Å². The smallest absolute Gasteiger partial charge is 0.410 e. The maximum Gasteiger partial charge on any atom is 0.415 e. The van der Waals surface area contributed by atoms with Crippen LogP contribution in [0.4, 0.5) is 4.79 Å². The molecular formula is C18H20N2O2. The first-order valence-corrected chi connectivity index (χ1v) is 7.53. The summed E-state index contributed by atoms with van der Waals surface area (Å²) >= 11 is 0. The molecule has 0 saturated carbocycles. The highest BCUT2D eigenvalue weighted by molar-refractivity contribution is 5.71. The average Bonchev–Trinajstić information content (AvgIpc) is 2.57. The molecule has 4 heteroatoms. The van der Waals surface area contributed by atoms with Crippen molar-refractivity contribution in [2.24, 2.45) is 0 Å². The maximum absolute atomic E-state index is 12.1. The minimum atomic E-state index is -0.263. The van der Waals surface area contributed by atoms with Gasteiger partial charge in [-0.25, -0.2) is 4.79 Å². The van der Waals surface area contributed by atoms with Crippen LogP contribution in [0.1, 0.15) is 0 Å². The topological polar surface area (TPSA) is 32.8 Å². The fourth-order valence-corrected chi connectivity index (χ4v) is 2.50. The zero-order valence-electron chi connectivity index (χ0n) is 12.7. The summed E-state index contributed by atoms with van der Waals surface area (Å²) in [5.74, 6) is 0.587. The standard InChI is InChI=1S/C18H20N2O2/c1-19-11-13-20(14-12-19)18(21)22-17-9-7-16(8-10-17)15-5-3-2-4-6-15/h2-10H,11-14H2,1H3. The predicted molar refractivity (Wildman–Crippen MR) is 87.0 cm³/mol. The zero-order valence-corrected chi connectivity index (χ0v) is 12.7. The van der Waals surface area contributed by atoms with Crippen molar-refractivity contribution in [1.82, 2.24) is 9.80 Å². The van der Waals surface area contributed by atoms with Gasteiger partial charge in [0.1, 0.15) is 5.75 Å². The van der Waals surface area contributed by atoms with Gasteiger partial charge in [0.05, 0.1) is 0 Å². The van der Waals surface area contributed by atoms with Gasteiger partial charge in [-0.1, -0.05) is 42.5 Å². The van der Waals surface area contributed by atoms with Crippen LogP contribution in [-0.4, -0.2) is 49.1 Å². The predicted octanol–water partition coefficient (Wildman–Crippen LogP) is 3.10. The van der Waals surface area contributed by atoms with Crippen LogP contribution in [0.2, 0.25) is 0 Å². The molecule has 0 aromatic heterocycles. The van der Waals surface area contributed by atoms with Gasteiger partial charge in [-0.05, 0) is 30.3 Å². The van der Waals surface area contributed by atoms with Crippen LogP contribution in [0.3, 0.4) is 0 Å². The van der Waals surface area contributed by atoms with Crippen molar-refractivity contribution in [3.8, 4) is 16.9 Å². The number of benzene rings is 2. The Bertz CT molecular complexity index is 617. The lowest BCUT2D eigenvalue weighted by molar-refractivity contribution is 0.120. The van der Waals surface area contributed by atoms with E-state index in [-0.39, 0.29) is 6.09 Å². The second-order valence-electron chi connectivity index (χ2n) is 5.55. The van der Waals surface area contributed by atoms with Crippen LogP contribution in [0.15, 0.2) is 54.6 Å². The molecule has 2 aromatic rings. The van der Waals surface area contributed by atoms with Gasteiger partial charge < -0.3 is 14.5 Å². The molecule has 0 spiro atoms. The molecule has 1 amide bonds. The highest BCUT2D eigenvalue weighted by Crippen LogP contribution is 2.22. The number of piperazine rings is 1. The molecule has 0 unspecified atom stereocenters. The highest BCUT2D eigenvalue weighted by atomic mass is 16.6. The van der Waals surface area contributed by atoms with Crippen LogP contribution in [-0.2, 0) is 0 Å². The molecule has 3 rings (SSSR count). The maximum atomic E-state index is 12.1. The number of likely N-dealkylation sites (N-methyl/N-ethyl adjacent to an activating group) is 1. The summed E-state index contributed by atoms with van der Waals surface area (Å²) in [5.41, 5.74) is 2.26. The molecule has 1 aliphatic heterocycles. The van der Waals surface area contributed by atoms with E-state index in [1.807, 2.05) is 42.5 Å². The lowest BCUT2D eigenvalue weighted by Crippen LogP contribution is -2.48. The Hall–Kier alpha value is -2.33. The Balaban J connectivity index is 1.62. The number of carbonyl (C=O) groups excluding carboxylic acids is 1. The van der Waals surface area contributed by atoms with Crippen molar-refractivity contribution >= 4 is 6.09 Å². The third kappa shape index (κ3) is 3.46. The SMILES string of the molecule is CN1CCN(C(=O)Oc2ccc(-c3ccccc3)cc2)CC1. The number of rotatable bonds is 2. The molecule has 0 aliphatic carbocycles. The first kappa shape index (κ1) is 14.6. The molecule has 0 N–H and O–H groups in total. The molecule has 4 nitrogen and oxygen atoms in total. The molecule has 1 fully saturated rings. The number of carbonyl (C=O) groups is 1. The van der Waals surface area contributed by atoms with E-state index >= 15 is 0 Å². The molecule has 0 atom stereocenters. The van der Waals surface area contributed by atoms with E-state index in [4.69, 9.17) is 4.74 Å². The Morgan fingerprint density at radius 2 is 1.45 bits per heavy atom. The Morgan fingerprint density at radius 1 is 0.864 bits per heavy atom. The minimum Gasteiger partial charge on any atom is -0.410 e. The molecule has 0 radical (unpaired) electrons. The van der Waals surface area contributed by atoms with Crippen molar-refractivity contribution < 1.29 is 9.53 Å². The van der Waals surface area contributed by atoms with Gasteiger partial charge in [0.15, 0.2) is 0 Å². The first-order valence-electron chi connectivity index (χ1n) is 7.53. The Kier molecular flexibility index (Phi) is 4.39. The van der Waals surface area contributed by atoms with E-state index in [9.17, 15) is 4.79 Å². The monoisotopic (exact) mass is 296 g/mol. The van der Waals surface area contributed by atoms with Crippen molar-refractivity contribution in [3.05, 3.63) is 54.6 Å². The molecule has 0 bridgehead atoms. The Labute approximate surface area is 130 Å². The zero-order chi connectivity index (χ0) is 15.4. The fourth-order valence-electron chi connectivity index (χ4n) is 2.50. The minimum absolute atomic E-state index is 0.263. The molecule has 2 aromatic carbocycles. The fraction of sp³-hybridized carbons (Fsp3) is 0.278. The van der Waals surface area contributed by atoms with Gasteiger partial charge in [0.2, 0.25) is 0 Å². The summed E-state index contributed by atoms with van der Waals surface area (Å²) < 4.78 is 5.45. The summed E-state index contributed by atoms with van der Waals surface area (Å²) in [6.07, 6.45) is -0.263. The van der Waals surface area contributed by atoms with Crippen molar-refractivity contribution in [1.29, 1.82) is 0 Å². The lowest BCUT2D eigenvalue weighted by Gasteiger charge is -2.31. The third-order valence-electron chi connectivity index (χ3n) is 3.93. The van der Waals surface area contributed by atoms with Crippen molar-refractivity contribution in [2.45, 2.75) is 0 Å². The van der Waals surface area contributed by atoms with E-state index in [1.54, 1.807) is 4.90 Å². The first-order chi connectivity index (χ1) is 10.7. The summed E-state index contributed by atoms with van der Waals surface area (Å²) in [6.45, 7) is 3.22. The van der Waals surface area contributed by atoms with Crippen LogP contribution in [0.25, 0.3) is 11.1 Å². The number of ether oxygens (including phenoxy) is 1. The second kappa shape index (κ2) is 6.62. The largest absolute Gasteiger partial charge is 0.415 e. The second-order valence-corrected chi connectivity index (χ2v) is 5.55. The van der Waals surface area contributed by atoms with Gasteiger partial charge in [-0.15, -0.1) is 0 Å². The number of amides is 1. The average molecular weight is 296 g/mol. The van der Waals surface area contributed by atoms with Gasteiger partial charge in [0.25, 0.3) is 0 Å². The molecule has 22 heavy (non-hydrogen) atoms. The van der Waals surface area contributed by atoms with Gasteiger partial charge in [0, 0.05) is 26.2 Å². The van der Waals surface area contributed by atoms with Crippen LogP contribution >= 0.6 is 0 Å². The van der Waals surface area contributed by atoms with E-state index < -0.39 is 0 Å². The van der Waals surface area contributed by atoms with E-state index in [2.05, 4.69) is 24.1 Å². The van der Waals surface area contributed by atoms with E-state index in [0.717, 1.165) is 37.3 Å². The quantitative estimate of drug-likeness (QED) is 0.853. The number of hydrogen-bond donors (Lipinski definition) is 0. The normalized spacial score (nSPS) is 15.6. The summed E-state index contributed by atoms with van der Waals surface area (Å²) in [4.78, 5) is 16.1. The molecule has 1 saturated heterocycles. The van der Waals surface area contributed by atoms with E-state index in [0.29, 0.717) is 5.75 Å². The summed E-state index contributed by atoms with van der Waals surface area (Å²) in [5, 5.41) is 0. The molecule has 1 heterocycles. The Morgan fingerprint density at radius 3 is 2.09 bits per heavy atom. The van der Waals surface area contributed by atoms with Crippen LogP contribution in [0, 0.1) is 0 Å². The third-order valence-corrected chi connectivity index (χ3v) is 3.93. The molecule has 1 aliphatic rings. The summed E-state index contributed by atoms with van der Waals surface area (Å²) in [6, 6.07) is 17.8. The van der Waals surface area contributed by atoms with Crippen LogP contribution in [0.5, 0.6) is 5.75 Å². The number of nitrogens with zero attached hydrogens (tertiary/aromatic N) is 2. The van der Waals surface area contributed by atoms with Crippen molar-refractivity contribution in [3.63, 3.8) is 0 Å². The van der Waals surface area contributed by atoms with Crippen LogP contribution < -0.4 is 4.74 Å². The van der Waals surface area contributed by atoms with Gasteiger partial charge in [-0.2, -0.15) is 0 Å². The lowest BCUT2D eigenvalue weighted by atomic mass is 10.1.